The number of carbonyl (C=O) groups excluding carboxylic acids is 1. The Kier molecular flexibility index (Phi) is 6.34. The molecule has 0 aliphatic carbocycles. The molecule has 1 fully saturated rings. The van der Waals surface area contributed by atoms with Crippen LogP contribution < -0.4 is 5.32 Å². The number of rotatable bonds is 7. The topological polar surface area (TPSA) is 70.2 Å². The summed E-state index contributed by atoms with van der Waals surface area (Å²) in [5.74, 6) is -0.0270. The van der Waals surface area contributed by atoms with E-state index in [1.54, 1.807) is 0 Å². The van der Waals surface area contributed by atoms with Crippen LogP contribution in [0.15, 0.2) is 48.5 Å². The van der Waals surface area contributed by atoms with Gasteiger partial charge in [-0.25, -0.2) is 0 Å². The fraction of sp³-hybridized carbons (Fsp3) is 0.304. The average Bonchev–Trinajstić information content (AvgIpc) is 3.19. The fourth-order valence-corrected chi connectivity index (χ4v) is 3.46. The third-order valence-electron chi connectivity index (χ3n) is 5.15. The number of nitrogens with zero attached hydrogens (tertiary/aromatic N) is 2. The van der Waals surface area contributed by atoms with Gasteiger partial charge in [-0.2, -0.15) is 5.10 Å². The molecular weight excluding hydrogens is 364 g/mol. The van der Waals surface area contributed by atoms with Crippen molar-refractivity contribution in [3.63, 3.8) is 0 Å². The highest BCUT2D eigenvalue weighted by molar-refractivity contribution is 5.94. The highest BCUT2D eigenvalue weighted by atomic mass is 16.5. The number of aromatic amines is 1. The van der Waals surface area contributed by atoms with Crippen molar-refractivity contribution in [1.82, 2.24) is 20.4 Å². The second-order valence-electron chi connectivity index (χ2n) is 7.17. The highest BCUT2D eigenvalue weighted by Crippen LogP contribution is 2.17. The summed E-state index contributed by atoms with van der Waals surface area (Å²) in [4.78, 5) is 14.7. The van der Waals surface area contributed by atoms with Crippen LogP contribution in [0.2, 0.25) is 0 Å². The minimum absolute atomic E-state index is 0.0270. The maximum Gasteiger partial charge on any atom is 0.251 e. The van der Waals surface area contributed by atoms with Crippen molar-refractivity contribution in [2.24, 2.45) is 0 Å². The Morgan fingerprint density at radius 3 is 2.72 bits per heavy atom. The summed E-state index contributed by atoms with van der Waals surface area (Å²) in [7, 11) is 0. The van der Waals surface area contributed by atoms with Gasteiger partial charge >= 0.3 is 0 Å². The van der Waals surface area contributed by atoms with E-state index in [2.05, 4.69) is 20.4 Å². The molecule has 29 heavy (non-hydrogen) atoms. The van der Waals surface area contributed by atoms with Crippen molar-refractivity contribution in [2.45, 2.75) is 6.42 Å². The number of aromatic nitrogens is 2. The van der Waals surface area contributed by atoms with E-state index >= 15 is 0 Å². The molecule has 0 unspecified atom stereocenters. The zero-order chi connectivity index (χ0) is 19.9. The van der Waals surface area contributed by atoms with E-state index in [1.165, 1.54) is 0 Å². The first-order chi connectivity index (χ1) is 14.3. The number of fused-ring (bicyclic) bond motifs is 1. The smallest absolute Gasteiger partial charge is 0.251 e. The number of H-pyrrole nitrogens is 1. The summed E-state index contributed by atoms with van der Waals surface area (Å²) in [6.45, 7) is 5.26. The number of morpholine rings is 1. The van der Waals surface area contributed by atoms with Crippen LogP contribution in [0.5, 0.6) is 0 Å². The summed E-state index contributed by atoms with van der Waals surface area (Å²) in [6, 6.07) is 15.7. The van der Waals surface area contributed by atoms with Crippen molar-refractivity contribution >= 4 is 29.0 Å². The molecule has 2 heterocycles. The van der Waals surface area contributed by atoms with Gasteiger partial charge in [0, 0.05) is 30.6 Å². The largest absolute Gasteiger partial charge is 0.379 e. The molecule has 1 aliphatic rings. The lowest BCUT2D eigenvalue weighted by Crippen LogP contribution is -2.38. The van der Waals surface area contributed by atoms with E-state index in [-0.39, 0.29) is 5.91 Å². The van der Waals surface area contributed by atoms with Crippen molar-refractivity contribution in [1.29, 1.82) is 0 Å². The Morgan fingerprint density at radius 1 is 1.10 bits per heavy atom. The van der Waals surface area contributed by atoms with Gasteiger partial charge in [0.25, 0.3) is 5.91 Å². The molecule has 0 atom stereocenters. The number of nitrogens with one attached hydrogen (secondary N) is 2. The van der Waals surface area contributed by atoms with Crippen molar-refractivity contribution in [3.05, 3.63) is 65.4 Å². The highest BCUT2D eigenvalue weighted by Gasteiger charge is 2.10. The first-order valence-electron chi connectivity index (χ1n) is 10.1. The van der Waals surface area contributed by atoms with Gasteiger partial charge in [0.15, 0.2) is 0 Å². The van der Waals surface area contributed by atoms with Gasteiger partial charge < -0.3 is 10.1 Å². The van der Waals surface area contributed by atoms with Crippen LogP contribution >= 0.6 is 0 Å². The van der Waals surface area contributed by atoms with E-state index in [1.807, 2.05) is 60.7 Å². The summed E-state index contributed by atoms with van der Waals surface area (Å²) in [6.07, 6.45) is 4.94. The van der Waals surface area contributed by atoms with Crippen LogP contribution in [0.1, 0.15) is 28.0 Å². The predicted molar refractivity (Wildman–Crippen MR) is 116 cm³/mol. The standard InChI is InChI=1S/C23H26N4O2/c28-23(24-12-3-13-27-14-16-29-17-15-27)19-9-6-18(7-10-19)8-11-22-20-4-1-2-5-21(20)25-26-22/h1-2,4-11H,3,12-17H2,(H,24,28)(H,25,26). The molecule has 1 aliphatic heterocycles. The quantitative estimate of drug-likeness (QED) is 0.608. The van der Waals surface area contributed by atoms with Crippen LogP contribution in [0.4, 0.5) is 0 Å². The number of amides is 1. The number of para-hydroxylation sites is 1. The SMILES string of the molecule is O=C(NCCCN1CCOCC1)c1ccc(C=Cc2n[nH]c3ccccc23)cc1. The molecule has 1 saturated heterocycles. The van der Waals surface area contributed by atoms with E-state index in [9.17, 15) is 4.79 Å². The maximum atomic E-state index is 12.3. The van der Waals surface area contributed by atoms with Crippen LogP contribution in [0.3, 0.4) is 0 Å². The first-order valence-corrected chi connectivity index (χ1v) is 10.1. The van der Waals surface area contributed by atoms with E-state index in [0.29, 0.717) is 12.1 Å². The lowest BCUT2D eigenvalue weighted by atomic mass is 10.1. The first kappa shape index (κ1) is 19.4. The normalized spacial score (nSPS) is 15.2. The number of benzene rings is 2. The fourth-order valence-electron chi connectivity index (χ4n) is 3.46. The predicted octanol–water partition coefficient (Wildman–Crippen LogP) is 3.19. The third kappa shape index (κ3) is 5.10. The lowest BCUT2D eigenvalue weighted by molar-refractivity contribution is 0.0374. The summed E-state index contributed by atoms with van der Waals surface area (Å²) >= 11 is 0. The molecule has 0 bridgehead atoms. The Hall–Kier alpha value is -2.96. The molecule has 0 radical (unpaired) electrons. The van der Waals surface area contributed by atoms with Gasteiger partial charge in [-0.05, 0) is 42.8 Å². The van der Waals surface area contributed by atoms with Gasteiger partial charge in [-0.15, -0.1) is 0 Å². The Bertz CT molecular complexity index is 972. The number of ether oxygens (including phenoxy) is 1. The number of hydrogen-bond donors (Lipinski definition) is 2. The zero-order valence-corrected chi connectivity index (χ0v) is 16.4. The molecule has 0 saturated carbocycles. The average molecular weight is 390 g/mol. The van der Waals surface area contributed by atoms with Gasteiger partial charge in [-0.1, -0.05) is 36.4 Å². The van der Waals surface area contributed by atoms with Crippen LogP contribution in [-0.4, -0.2) is 60.4 Å². The Morgan fingerprint density at radius 2 is 1.90 bits per heavy atom. The van der Waals surface area contributed by atoms with Crippen molar-refractivity contribution in [3.8, 4) is 0 Å². The molecular formula is C23H26N4O2. The summed E-state index contributed by atoms with van der Waals surface area (Å²) in [5, 5.41) is 11.5. The molecule has 4 rings (SSSR count). The molecule has 1 aromatic heterocycles. The van der Waals surface area contributed by atoms with Gasteiger partial charge in [0.05, 0.1) is 24.4 Å². The third-order valence-corrected chi connectivity index (χ3v) is 5.15. The van der Waals surface area contributed by atoms with E-state index in [4.69, 9.17) is 4.74 Å². The Labute approximate surface area is 170 Å². The van der Waals surface area contributed by atoms with Crippen LogP contribution in [0, 0.1) is 0 Å². The molecule has 1 amide bonds. The molecule has 0 spiro atoms. The van der Waals surface area contributed by atoms with E-state index < -0.39 is 0 Å². The van der Waals surface area contributed by atoms with E-state index in [0.717, 1.165) is 61.4 Å². The monoisotopic (exact) mass is 390 g/mol. The molecule has 2 N–H and O–H groups in total. The lowest BCUT2D eigenvalue weighted by Gasteiger charge is -2.26. The van der Waals surface area contributed by atoms with Crippen molar-refractivity contribution < 1.29 is 9.53 Å². The number of hydrogen-bond acceptors (Lipinski definition) is 4. The minimum Gasteiger partial charge on any atom is -0.379 e. The van der Waals surface area contributed by atoms with Gasteiger partial charge in [0.2, 0.25) is 0 Å². The number of carbonyl (C=O) groups is 1. The zero-order valence-electron chi connectivity index (χ0n) is 16.4. The van der Waals surface area contributed by atoms with Crippen LogP contribution in [-0.2, 0) is 4.74 Å². The second-order valence-corrected chi connectivity index (χ2v) is 7.17. The molecule has 150 valence electrons. The second kappa shape index (κ2) is 9.49. The molecule has 6 heteroatoms. The maximum absolute atomic E-state index is 12.3. The molecule has 3 aromatic rings. The van der Waals surface area contributed by atoms with Gasteiger partial charge in [0.1, 0.15) is 0 Å². The Balaban J connectivity index is 1.27. The minimum atomic E-state index is -0.0270. The summed E-state index contributed by atoms with van der Waals surface area (Å²) < 4.78 is 5.35. The molecule has 6 nitrogen and oxygen atoms in total. The summed E-state index contributed by atoms with van der Waals surface area (Å²) in [5.41, 5.74) is 3.63. The van der Waals surface area contributed by atoms with Gasteiger partial charge in [-0.3, -0.25) is 14.8 Å². The molecule has 2 aromatic carbocycles. The van der Waals surface area contributed by atoms with Crippen molar-refractivity contribution in [2.75, 3.05) is 39.4 Å². The van der Waals surface area contributed by atoms with Crippen LogP contribution in [0.25, 0.3) is 23.1 Å².